The molecule has 0 fully saturated rings. The average Bonchev–Trinajstić information content (AvgIpc) is 3.78. The van der Waals surface area contributed by atoms with Gasteiger partial charge in [-0.05, 0) is 109 Å². The topological polar surface area (TPSA) is 166 Å². The van der Waals surface area contributed by atoms with E-state index in [0.717, 1.165) is 46.5 Å². The van der Waals surface area contributed by atoms with E-state index in [9.17, 15) is 22.3 Å². The van der Waals surface area contributed by atoms with Crippen LogP contribution in [-0.4, -0.2) is 68.4 Å². The number of anilines is 4. The number of para-hydroxylation sites is 1. The maximum atomic E-state index is 13.6. The first-order valence-electron chi connectivity index (χ1n) is 20.6. The van der Waals surface area contributed by atoms with E-state index in [2.05, 4.69) is 86.3 Å². The van der Waals surface area contributed by atoms with E-state index in [1.54, 1.807) is 54.6 Å². The van der Waals surface area contributed by atoms with Crippen molar-refractivity contribution < 1.29 is 27.1 Å². The third-order valence-electron chi connectivity index (χ3n) is 10.4. The lowest BCUT2D eigenvalue weighted by Gasteiger charge is -2.34. The molecule has 5 aromatic rings. The molecule has 0 saturated heterocycles. The molecule has 2 N–H and O–H groups in total. The van der Waals surface area contributed by atoms with Gasteiger partial charge in [0.25, 0.3) is 34.0 Å². The second kappa shape index (κ2) is 18.8. The summed E-state index contributed by atoms with van der Waals surface area (Å²) >= 11 is 1.11. The number of aromatic nitrogens is 3. The molecule has 2 heterocycles. The SMILES string of the molecule is CCN(CC)c1ccc(N=C2C(C(C)(C)C)=Nn3nc(-c4ccc(N(c5cc(C(C)(C)CC(C)(C)C)ccc5OC(Cl)C(=O)N(c5ccccc5)S(=O)O)S(=O)O)cc4)nc32)cc1. The Morgan fingerprint density at radius 3 is 2.00 bits per heavy atom. The van der Waals surface area contributed by atoms with Gasteiger partial charge in [0.2, 0.25) is 5.82 Å². The lowest BCUT2D eigenvalue weighted by molar-refractivity contribution is -0.121. The number of amides is 1. The highest BCUT2D eigenvalue weighted by Gasteiger charge is 2.36. The molecule has 1 amide bonds. The third-order valence-corrected chi connectivity index (χ3v) is 12.1. The van der Waals surface area contributed by atoms with Crippen molar-refractivity contribution in [2.75, 3.05) is 26.6 Å². The number of nitrogens with zero attached hydrogens (tertiary/aromatic N) is 8. The number of benzene rings is 4. The van der Waals surface area contributed by atoms with Gasteiger partial charge < -0.3 is 9.64 Å². The van der Waals surface area contributed by atoms with Gasteiger partial charge in [-0.2, -0.15) is 5.10 Å². The number of carbonyl (C=O) groups is 1. The summed E-state index contributed by atoms with van der Waals surface area (Å²) < 4.78 is 54.6. The van der Waals surface area contributed by atoms with E-state index in [1.165, 1.54) is 16.9 Å². The lowest BCUT2D eigenvalue weighted by Crippen LogP contribution is -2.40. The summed E-state index contributed by atoms with van der Waals surface area (Å²) in [7, 11) is 0. The van der Waals surface area contributed by atoms with Gasteiger partial charge in [-0.3, -0.25) is 13.9 Å². The molecule has 6 rings (SSSR count). The summed E-state index contributed by atoms with van der Waals surface area (Å²) in [4.78, 5) is 27.2. The standard InChI is InChI=1S/C46H55ClN8O6S2/c1-11-52(12-2)33-25-21-32(22-26-33)48-38-39(45(6,7)8)50-55-42(38)49-41(51-55)30-18-23-35(24-19-30)53(62(57)58)36-28-31(46(9,10)29-44(3,4)5)20-27-37(36)61-40(47)43(56)54(63(59)60)34-16-14-13-15-17-34/h13-28,40H,11-12,29H2,1-10H3,(H,57,58)(H,59,60). The molecule has 0 saturated carbocycles. The van der Waals surface area contributed by atoms with Gasteiger partial charge >= 0.3 is 0 Å². The highest BCUT2D eigenvalue weighted by Crippen LogP contribution is 2.43. The molecule has 1 aliphatic rings. The molecular formula is C46H55ClN8O6S2. The van der Waals surface area contributed by atoms with E-state index in [0.29, 0.717) is 32.9 Å². The molecule has 334 valence electrons. The number of rotatable bonds is 15. The predicted octanol–water partition coefficient (Wildman–Crippen LogP) is 10.3. The first-order chi connectivity index (χ1) is 29.6. The molecule has 3 atom stereocenters. The van der Waals surface area contributed by atoms with Crippen molar-refractivity contribution in [3.05, 3.63) is 108 Å². The fourth-order valence-electron chi connectivity index (χ4n) is 7.75. The van der Waals surface area contributed by atoms with Crippen LogP contribution in [0, 0.1) is 10.8 Å². The number of hydrogen-bond acceptors (Lipinski definition) is 9. The van der Waals surface area contributed by atoms with Gasteiger partial charge in [0.05, 0.1) is 28.5 Å². The Hall–Kier alpha value is -5.26. The van der Waals surface area contributed by atoms with Crippen molar-refractivity contribution in [3.63, 3.8) is 0 Å². The maximum Gasteiger partial charge on any atom is 0.297 e. The molecular weight excluding hydrogens is 860 g/mol. The normalized spacial score (nSPS) is 15.1. The molecule has 0 radical (unpaired) electrons. The van der Waals surface area contributed by atoms with Crippen LogP contribution < -0.4 is 18.2 Å². The Balaban J connectivity index is 1.37. The van der Waals surface area contributed by atoms with Crippen LogP contribution in [0.1, 0.15) is 87.0 Å². The maximum absolute atomic E-state index is 13.6. The van der Waals surface area contributed by atoms with Crippen LogP contribution in [0.15, 0.2) is 107 Å². The number of fused-ring (bicyclic) bond motifs is 1. The fourth-order valence-corrected chi connectivity index (χ4v) is 9.17. The van der Waals surface area contributed by atoms with Crippen LogP contribution in [-0.2, 0) is 32.7 Å². The summed E-state index contributed by atoms with van der Waals surface area (Å²) in [6.45, 7) is 22.8. The molecule has 3 unspecified atom stereocenters. The van der Waals surface area contributed by atoms with Crippen molar-refractivity contribution in [3.8, 4) is 17.1 Å². The first kappa shape index (κ1) is 47.2. The predicted molar refractivity (Wildman–Crippen MR) is 255 cm³/mol. The van der Waals surface area contributed by atoms with E-state index >= 15 is 0 Å². The number of carbonyl (C=O) groups excluding carboxylic acids is 1. The van der Waals surface area contributed by atoms with Gasteiger partial charge in [-0.15, -0.1) is 9.89 Å². The molecule has 63 heavy (non-hydrogen) atoms. The Morgan fingerprint density at radius 2 is 1.44 bits per heavy atom. The van der Waals surface area contributed by atoms with E-state index < -0.39 is 39.4 Å². The number of aliphatic imine (C=N–C) groups is 1. The van der Waals surface area contributed by atoms with Crippen molar-refractivity contribution in [2.45, 2.75) is 86.6 Å². The van der Waals surface area contributed by atoms with E-state index in [4.69, 9.17) is 36.5 Å². The molecule has 17 heteroatoms. The Kier molecular flexibility index (Phi) is 14.1. The largest absolute Gasteiger partial charge is 0.463 e. The Bertz CT molecular complexity index is 2550. The first-order valence-corrected chi connectivity index (χ1v) is 23.2. The smallest absolute Gasteiger partial charge is 0.297 e. The van der Waals surface area contributed by atoms with Crippen molar-refractivity contribution in [1.29, 1.82) is 0 Å². The molecule has 4 aromatic carbocycles. The number of halogens is 1. The van der Waals surface area contributed by atoms with Crippen molar-refractivity contribution >= 4 is 79.9 Å². The molecule has 14 nitrogen and oxygen atoms in total. The highest BCUT2D eigenvalue weighted by atomic mass is 35.5. The average molecular weight is 916 g/mol. The second-order valence-electron chi connectivity index (χ2n) is 18.0. The minimum Gasteiger partial charge on any atom is -0.463 e. The number of ether oxygens (including phenoxy) is 1. The van der Waals surface area contributed by atoms with E-state index in [1.807, 2.05) is 18.2 Å². The molecule has 0 aliphatic carbocycles. The van der Waals surface area contributed by atoms with Crippen LogP contribution in [0.25, 0.3) is 11.4 Å². The summed E-state index contributed by atoms with van der Waals surface area (Å²) in [6, 6.07) is 27.8. The van der Waals surface area contributed by atoms with Crippen LogP contribution in [0.4, 0.5) is 28.4 Å². The van der Waals surface area contributed by atoms with Gasteiger partial charge in [-0.25, -0.2) is 27.0 Å². The second-order valence-corrected chi connectivity index (χ2v) is 20.1. The fraction of sp³-hybridized carbons (Fsp3) is 0.370. The molecule has 0 spiro atoms. The molecule has 0 bridgehead atoms. The van der Waals surface area contributed by atoms with Gasteiger partial charge in [0, 0.05) is 29.8 Å². The zero-order valence-corrected chi connectivity index (χ0v) is 39.6. The van der Waals surface area contributed by atoms with Crippen LogP contribution in [0.3, 0.4) is 0 Å². The monoisotopic (exact) mass is 914 g/mol. The van der Waals surface area contributed by atoms with Crippen molar-refractivity contribution in [1.82, 2.24) is 14.9 Å². The third kappa shape index (κ3) is 10.8. The minimum absolute atomic E-state index is 0.0175. The molecule has 1 aliphatic heterocycles. The summed E-state index contributed by atoms with van der Waals surface area (Å²) in [5, 5.41) is 9.54. The van der Waals surface area contributed by atoms with Gasteiger partial charge in [0.15, 0.2) is 5.82 Å². The van der Waals surface area contributed by atoms with Crippen molar-refractivity contribution in [2.24, 2.45) is 20.9 Å². The van der Waals surface area contributed by atoms with Gasteiger partial charge in [0.1, 0.15) is 11.5 Å². The Morgan fingerprint density at radius 1 is 0.825 bits per heavy atom. The summed E-state index contributed by atoms with van der Waals surface area (Å²) in [6.07, 6.45) is 0.764. The van der Waals surface area contributed by atoms with E-state index in [-0.39, 0.29) is 28.0 Å². The lowest BCUT2D eigenvalue weighted by atomic mass is 9.72. The van der Waals surface area contributed by atoms with Gasteiger partial charge in [-0.1, -0.05) is 91.3 Å². The summed E-state index contributed by atoms with van der Waals surface area (Å²) in [5.74, 6) is -0.177. The van der Waals surface area contributed by atoms with Crippen LogP contribution in [0.2, 0.25) is 0 Å². The van der Waals surface area contributed by atoms with Crippen LogP contribution in [0.5, 0.6) is 5.75 Å². The Labute approximate surface area is 379 Å². The number of alkyl halides is 1. The molecule has 1 aromatic heterocycles. The zero-order chi connectivity index (χ0) is 46.0. The highest BCUT2D eigenvalue weighted by molar-refractivity contribution is 7.81. The van der Waals surface area contributed by atoms with Crippen LogP contribution >= 0.6 is 11.6 Å². The quantitative estimate of drug-likeness (QED) is 0.0768. The summed E-state index contributed by atoms with van der Waals surface area (Å²) in [5.41, 5.74) is 2.59. The zero-order valence-electron chi connectivity index (χ0n) is 37.2. The number of hydrogen-bond donors (Lipinski definition) is 2. The minimum atomic E-state index is -2.78.